The van der Waals surface area contributed by atoms with Gasteiger partial charge in [0.15, 0.2) is 0 Å². The molecule has 0 aliphatic carbocycles. The fourth-order valence-corrected chi connectivity index (χ4v) is 0.176. The number of carbonyl (C=O) groups excluding carboxylic acids is 1. The molecule has 0 saturated heterocycles. The number of hydrogen-bond acceptors (Lipinski definition) is 2. The van der Waals surface area contributed by atoms with Gasteiger partial charge in [0.05, 0.1) is 6.26 Å². The number of carbonyl (C=O) groups is 1. The summed E-state index contributed by atoms with van der Waals surface area (Å²) in [5, 5.41) is 0. The molecule has 0 aliphatic rings. The van der Waals surface area contributed by atoms with Gasteiger partial charge in [-0.05, 0) is 0 Å². The van der Waals surface area contributed by atoms with E-state index in [4.69, 9.17) is 0 Å². The van der Waals surface area contributed by atoms with Crippen molar-refractivity contribution in [1.29, 1.82) is 0 Å². The molecule has 2 nitrogen and oxygen atoms in total. The van der Waals surface area contributed by atoms with Gasteiger partial charge in [-0.25, -0.2) is 0 Å². The molecule has 1 radical (unpaired) electrons. The van der Waals surface area contributed by atoms with Crippen LogP contribution in [-0.4, -0.2) is 35.5 Å². The van der Waals surface area contributed by atoms with Gasteiger partial charge in [-0.2, -0.15) is 0 Å². The minimum absolute atomic E-state index is 0. The molecule has 0 N–H and O–H groups in total. The van der Waals surface area contributed by atoms with Crippen LogP contribution in [0.25, 0.3) is 0 Å². The van der Waals surface area contributed by atoms with E-state index < -0.39 is 0 Å². The normalized spacial score (nSPS) is 6.62. The van der Waals surface area contributed by atoms with Crippen molar-refractivity contribution in [2.24, 2.45) is 0 Å². The van der Waals surface area contributed by atoms with Gasteiger partial charge >= 0.3 is 5.97 Å². The summed E-state index contributed by atoms with van der Waals surface area (Å²) in [6.07, 6.45) is 1.54. The molecule has 3 heteroatoms. The van der Waals surface area contributed by atoms with Crippen LogP contribution in [0.15, 0.2) is 12.8 Å². The SMILES string of the molecule is C=COC(=O)CC.[Na]. The maximum Gasteiger partial charge on any atom is 0.310 e. The molecule has 8 heavy (non-hydrogen) atoms. The first kappa shape index (κ1) is 11.1. The van der Waals surface area contributed by atoms with Crippen LogP contribution in [0.3, 0.4) is 0 Å². The number of rotatable bonds is 2. The van der Waals surface area contributed by atoms with E-state index >= 15 is 0 Å². The molecule has 0 unspecified atom stereocenters. The summed E-state index contributed by atoms with van der Waals surface area (Å²) < 4.78 is 4.32. The van der Waals surface area contributed by atoms with Crippen molar-refractivity contribution in [3.63, 3.8) is 0 Å². The summed E-state index contributed by atoms with van der Waals surface area (Å²) in [7, 11) is 0. The first-order chi connectivity index (χ1) is 3.31. The minimum atomic E-state index is -0.241. The third-order valence-electron chi connectivity index (χ3n) is 0.503. The smallest absolute Gasteiger partial charge is 0.310 e. The predicted molar refractivity (Wildman–Crippen MR) is 32.3 cm³/mol. The van der Waals surface area contributed by atoms with Crippen molar-refractivity contribution in [3.8, 4) is 0 Å². The van der Waals surface area contributed by atoms with Crippen molar-refractivity contribution < 1.29 is 9.53 Å². The third-order valence-corrected chi connectivity index (χ3v) is 0.503. The second-order valence-electron chi connectivity index (χ2n) is 1.01. The average molecular weight is 123 g/mol. The summed E-state index contributed by atoms with van der Waals surface area (Å²) in [6.45, 7) is 4.93. The molecule has 0 atom stereocenters. The Kier molecular flexibility index (Phi) is 9.97. The van der Waals surface area contributed by atoms with E-state index in [1.165, 1.54) is 0 Å². The van der Waals surface area contributed by atoms with Crippen molar-refractivity contribution in [3.05, 3.63) is 12.8 Å². The van der Waals surface area contributed by atoms with Crippen molar-refractivity contribution in [2.75, 3.05) is 0 Å². The summed E-state index contributed by atoms with van der Waals surface area (Å²) in [5.41, 5.74) is 0. The van der Waals surface area contributed by atoms with Crippen LogP contribution in [0, 0.1) is 0 Å². The van der Waals surface area contributed by atoms with Gasteiger partial charge in [0, 0.05) is 36.0 Å². The molecule has 0 rings (SSSR count). The maximum absolute atomic E-state index is 10.1. The van der Waals surface area contributed by atoms with Crippen LogP contribution in [0.5, 0.6) is 0 Å². The van der Waals surface area contributed by atoms with Crippen LogP contribution < -0.4 is 0 Å². The van der Waals surface area contributed by atoms with E-state index in [0.717, 1.165) is 6.26 Å². The molecule has 0 amide bonds. The molecule has 0 aliphatic heterocycles. The number of esters is 1. The fourth-order valence-electron chi connectivity index (χ4n) is 0.176. The summed E-state index contributed by atoms with van der Waals surface area (Å²) in [5.74, 6) is -0.241. The number of ether oxygens (including phenoxy) is 1. The fraction of sp³-hybridized carbons (Fsp3) is 0.400. The van der Waals surface area contributed by atoms with E-state index in [2.05, 4.69) is 11.3 Å². The largest absolute Gasteiger partial charge is 0.435 e. The van der Waals surface area contributed by atoms with Gasteiger partial charge in [-0.3, -0.25) is 4.79 Å². The van der Waals surface area contributed by atoms with Crippen LogP contribution in [0.1, 0.15) is 13.3 Å². The van der Waals surface area contributed by atoms with E-state index in [9.17, 15) is 4.79 Å². The monoisotopic (exact) mass is 123 g/mol. The molecular formula is C5H8NaO2. The summed E-state index contributed by atoms with van der Waals surface area (Å²) in [4.78, 5) is 10.1. The molecule has 0 saturated carbocycles. The molecular weight excluding hydrogens is 115 g/mol. The Bertz CT molecular complexity index is 80.5. The summed E-state index contributed by atoms with van der Waals surface area (Å²) in [6, 6.07) is 0. The standard InChI is InChI=1S/C5H8O2.Na/c1-3-5(6)7-4-2;/h4H,2-3H2,1H3;. The van der Waals surface area contributed by atoms with Crippen LogP contribution in [0.4, 0.5) is 0 Å². The first-order valence-corrected chi connectivity index (χ1v) is 2.11. The van der Waals surface area contributed by atoms with Gasteiger partial charge in [-0.1, -0.05) is 13.5 Å². The first-order valence-electron chi connectivity index (χ1n) is 2.11. The maximum atomic E-state index is 10.1. The topological polar surface area (TPSA) is 26.3 Å². The van der Waals surface area contributed by atoms with Crippen molar-refractivity contribution in [1.82, 2.24) is 0 Å². The van der Waals surface area contributed by atoms with Crippen molar-refractivity contribution in [2.45, 2.75) is 13.3 Å². The molecule has 0 aromatic heterocycles. The number of hydrogen-bond donors (Lipinski definition) is 0. The molecule has 0 aromatic rings. The molecule has 0 fully saturated rings. The Hall–Kier alpha value is 0.210. The van der Waals surface area contributed by atoms with Crippen LogP contribution in [-0.2, 0) is 9.53 Å². The minimum Gasteiger partial charge on any atom is -0.435 e. The Labute approximate surface area is 71.2 Å². The van der Waals surface area contributed by atoms with Gasteiger partial charge in [0.2, 0.25) is 0 Å². The van der Waals surface area contributed by atoms with Gasteiger partial charge < -0.3 is 4.74 Å². The second kappa shape index (κ2) is 7.21. The van der Waals surface area contributed by atoms with Gasteiger partial charge in [0.25, 0.3) is 0 Å². The third kappa shape index (κ3) is 6.21. The quantitative estimate of drug-likeness (QED) is 0.307. The van der Waals surface area contributed by atoms with E-state index in [0.29, 0.717) is 6.42 Å². The molecule has 0 aromatic carbocycles. The van der Waals surface area contributed by atoms with Gasteiger partial charge in [-0.15, -0.1) is 0 Å². The van der Waals surface area contributed by atoms with Crippen LogP contribution >= 0.6 is 0 Å². The van der Waals surface area contributed by atoms with E-state index in [1.54, 1.807) is 6.92 Å². The second-order valence-corrected chi connectivity index (χ2v) is 1.01. The summed E-state index contributed by atoms with van der Waals surface area (Å²) >= 11 is 0. The zero-order valence-corrected chi connectivity index (χ0v) is 7.31. The molecule has 0 spiro atoms. The Morgan fingerprint density at radius 2 is 2.38 bits per heavy atom. The zero-order valence-electron chi connectivity index (χ0n) is 5.31. The average Bonchev–Trinajstić information content (AvgIpc) is 1.68. The Morgan fingerprint density at radius 1 is 1.88 bits per heavy atom. The zero-order chi connectivity index (χ0) is 5.70. The molecule has 0 bridgehead atoms. The van der Waals surface area contributed by atoms with Crippen molar-refractivity contribution >= 4 is 35.5 Å². The van der Waals surface area contributed by atoms with Gasteiger partial charge in [0.1, 0.15) is 0 Å². The van der Waals surface area contributed by atoms with E-state index in [-0.39, 0.29) is 35.5 Å². The molecule has 41 valence electrons. The Balaban J connectivity index is 0. The molecule has 0 heterocycles. The Morgan fingerprint density at radius 3 is 2.50 bits per heavy atom. The van der Waals surface area contributed by atoms with E-state index in [1.807, 2.05) is 0 Å². The predicted octanol–water partition coefficient (Wildman–Crippen LogP) is 0.702. The van der Waals surface area contributed by atoms with Crippen LogP contribution in [0.2, 0.25) is 0 Å².